The van der Waals surface area contributed by atoms with Crippen LogP contribution in [0.4, 0.5) is 24.7 Å². The maximum absolute atomic E-state index is 13.9. The molecule has 0 atom stereocenters. The third-order valence-corrected chi connectivity index (χ3v) is 6.63. The number of nitrogens with one attached hydrogen (secondary N) is 1. The van der Waals surface area contributed by atoms with Gasteiger partial charge in [0.2, 0.25) is 5.92 Å². The van der Waals surface area contributed by atoms with Crippen molar-refractivity contribution in [2.24, 2.45) is 5.73 Å². The Morgan fingerprint density at radius 2 is 2.00 bits per heavy atom. The monoisotopic (exact) mass is 462 g/mol. The molecule has 6 nitrogen and oxygen atoms in total. The lowest BCUT2D eigenvalue weighted by Gasteiger charge is -2.24. The van der Waals surface area contributed by atoms with Gasteiger partial charge in [0.25, 0.3) is 11.8 Å². The van der Waals surface area contributed by atoms with Crippen molar-refractivity contribution in [1.29, 1.82) is 0 Å². The summed E-state index contributed by atoms with van der Waals surface area (Å²) in [7, 11) is 0. The van der Waals surface area contributed by atoms with E-state index in [4.69, 9.17) is 5.73 Å². The zero-order valence-electron chi connectivity index (χ0n) is 17.3. The Kier molecular flexibility index (Phi) is 5.81. The molecule has 10 heteroatoms. The van der Waals surface area contributed by atoms with Crippen molar-refractivity contribution in [3.63, 3.8) is 0 Å². The smallest absolute Gasteiger partial charge is 0.259 e. The van der Waals surface area contributed by atoms with Crippen LogP contribution in [0.5, 0.6) is 0 Å². The average Bonchev–Trinajstić information content (AvgIpc) is 2.99. The van der Waals surface area contributed by atoms with Crippen LogP contribution in [0.25, 0.3) is 10.9 Å². The molecule has 1 aromatic carbocycles. The molecular formula is C22H21F3N4O2S. The number of hydrogen-bond donors (Lipinski definition) is 2. The van der Waals surface area contributed by atoms with Crippen LogP contribution < -0.4 is 16.0 Å². The molecule has 3 heterocycles. The Hall–Kier alpha value is -3.14. The van der Waals surface area contributed by atoms with Gasteiger partial charge < -0.3 is 16.0 Å². The predicted molar refractivity (Wildman–Crippen MR) is 118 cm³/mol. The Bertz CT molecular complexity index is 1210. The number of hydrogen-bond acceptors (Lipinski definition) is 5. The van der Waals surface area contributed by atoms with Crippen molar-refractivity contribution in [3.05, 3.63) is 51.5 Å². The number of benzene rings is 1. The second-order valence-corrected chi connectivity index (χ2v) is 8.69. The molecule has 1 aliphatic heterocycles. The molecule has 3 N–H and O–H groups in total. The number of nitrogens with two attached hydrogens (primary N) is 1. The molecule has 1 fully saturated rings. The Morgan fingerprint density at radius 3 is 2.72 bits per heavy atom. The molecule has 0 aliphatic carbocycles. The van der Waals surface area contributed by atoms with Crippen molar-refractivity contribution in [3.8, 4) is 0 Å². The van der Waals surface area contributed by atoms with Crippen molar-refractivity contribution >= 4 is 45.6 Å². The number of fused-ring (bicyclic) bond motifs is 1. The van der Waals surface area contributed by atoms with E-state index in [0.29, 0.717) is 33.6 Å². The van der Waals surface area contributed by atoms with E-state index in [1.807, 2.05) is 0 Å². The minimum atomic E-state index is -2.78. The molecule has 0 spiro atoms. The number of rotatable bonds is 4. The predicted octanol–water partition coefficient (Wildman–Crippen LogP) is 4.72. The normalized spacial score (nSPS) is 16.1. The summed E-state index contributed by atoms with van der Waals surface area (Å²) in [5.41, 5.74) is 6.84. The highest BCUT2D eigenvalue weighted by Crippen LogP contribution is 2.33. The number of primary amides is 1. The number of alkyl halides is 2. The fourth-order valence-electron chi connectivity index (χ4n) is 3.79. The first-order chi connectivity index (χ1) is 15.1. The van der Waals surface area contributed by atoms with Crippen molar-refractivity contribution in [1.82, 2.24) is 4.98 Å². The molecule has 0 radical (unpaired) electrons. The number of carbonyl (C=O) groups is 2. The number of carbonyl (C=O) groups excluding carboxylic acids is 2. The summed E-state index contributed by atoms with van der Waals surface area (Å²) in [6, 6.07) is 5.59. The Labute approximate surface area is 186 Å². The number of nitrogens with zero attached hydrogens (tertiary/aromatic N) is 2. The first-order valence-corrected chi connectivity index (χ1v) is 10.9. The van der Waals surface area contributed by atoms with Gasteiger partial charge in [0.1, 0.15) is 11.6 Å². The van der Waals surface area contributed by atoms with Crippen molar-refractivity contribution < 1.29 is 22.8 Å². The Morgan fingerprint density at radius 1 is 1.22 bits per heavy atom. The van der Waals surface area contributed by atoms with E-state index in [9.17, 15) is 22.8 Å². The molecule has 168 valence electrons. The molecule has 4 rings (SSSR count). The van der Waals surface area contributed by atoms with Gasteiger partial charge in [0, 0.05) is 42.8 Å². The molecule has 0 saturated carbocycles. The molecule has 3 aromatic rings. The minimum absolute atomic E-state index is 0.0183. The zero-order valence-corrected chi connectivity index (χ0v) is 18.1. The topological polar surface area (TPSA) is 88.3 Å². The van der Waals surface area contributed by atoms with E-state index < -0.39 is 23.6 Å². The lowest BCUT2D eigenvalue weighted by Crippen LogP contribution is -2.29. The Balaban J connectivity index is 1.75. The summed E-state index contributed by atoms with van der Waals surface area (Å²) < 4.78 is 41.6. The zero-order chi connectivity index (χ0) is 23.0. The average molecular weight is 462 g/mol. The highest BCUT2D eigenvalue weighted by Gasteiger charge is 2.33. The van der Waals surface area contributed by atoms with Gasteiger partial charge in [-0.05, 0) is 37.1 Å². The molecule has 0 unspecified atom stereocenters. The van der Waals surface area contributed by atoms with E-state index in [0.717, 1.165) is 11.3 Å². The summed E-state index contributed by atoms with van der Waals surface area (Å²) >= 11 is 1.12. The maximum atomic E-state index is 13.9. The first kappa shape index (κ1) is 22.1. The van der Waals surface area contributed by atoms with Gasteiger partial charge in [-0.15, -0.1) is 11.3 Å². The SMILES string of the molecule is Cc1c(NC(=O)c2cc3ccc(F)cc3nc2N2CCCC(F)(F)CC2)csc1C(N)=O. The molecular weight excluding hydrogens is 441 g/mol. The van der Waals surface area contributed by atoms with Crippen LogP contribution in [-0.4, -0.2) is 35.8 Å². The highest BCUT2D eigenvalue weighted by atomic mass is 32.1. The largest absolute Gasteiger partial charge is 0.365 e. The van der Waals surface area contributed by atoms with E-state index in [2.05, 4.69) is 10.3 Å². The van der Waals surface area contributed by atoms with E-state index >= 15 is 0 Å². The molecule has 1 saturated heterocycles. The number of amides is 2. The summed E-state index contributed by atoms with van der Waals surface area (Å²) in [4.78, 5) is 31.2. The number of thiophene rings is 1. The fourth-order valence-corrected chi connectivity index (χ4v) is 4.66. The van der Waals surface area contributed by atoms with Crippen LogP contribution in [0, 0.1) is 12.7 Å². The first-order valence-electron chi connectivity index (χ1n) is 10.1. The van der Waals surface area contributed by atoms with Gasteiger partial charge in [0.05, 0.1) is 21.6 Å². The number of halogens is 3. The van der Waals surface area contributed by atoms with Crippen LogP contribution in [0.1, 0.15) is 44.9 Å². The summed E-state index contributed by atoms with van der Waals surface area (Å²) in [5.74, 6) is -4.14. The standard InChI is InChI=1S/C22H21F3N4O2S/c1-12-17(11-32-18(12)19(26)30)28-21(31)15-9-13-3-4-14(23)10-16(13)27-20(15)29-7-2-5-22(24,25)6-8-29/h3-4,9-11H,2,5-8H2,1H3,(H2,26,30)(H,28,31). The number of aromatic nitrogens is 1. The van der Waals surface area contributed by atoms with Gasteiger partial charge >= 0.3 is 0 Å². The lowest BCUT2D eigenvalue weighted by atomic mass is 10.1. The van der Waals surface area contributed by atoms with Gasteiger partial charge in [-0.25, -0.2) is 18.2 Å². The van der Waals surface area contributed by atoms with Crippen LogP contribution >= 0.6 is 11.3 Å². The van der Waals surface area contributed by atoms with Crippen LogP contribution in [0.3, 0.4) is 0 Å². The van der Waals surface area contributed by atoms with Gasteiger partial charge in [-0.2, -0.15) is 0 Å². The number of pyridine rings is 1. The molecule has 32 heavy (non-hydrogen) atoms. The lowest BCUT2D eigenvalue weighted by molar-refractivity contribution is -0.0102. The fraction of sp³-hybridized carbons (Fsp3) is 0.318. The molecule has 2 amide bonds. The van der Waals surface area contributed by atoms with E-state index in [1.165, 1.54) is 18.2 Å². The second kappa shape index (κ2) is 8.42. The van der Waals surface area contributed by atoms with Gasteiger partial charge in [-0.3, -0.25) is 9.59 Å². The van der Waals surface area contributed by atoms with Gasteiger partial charge in [0.15, 0.2) is 0 Å². The van der Waals surface area contributed by atoms with E-state index in [-0.39, 0.29) is 37.2 Å². The third kappa shape index (κ3) is 4.40. The quantitative estimate of drug-likeness (QED) is 0.587. The number of anilines is 2. The highest BCUT2D eigenvalue weighted by molar-refractivity contribution is 7.12. The van der Waals surface area contributed by atoms with Crippen LogP contribution in [0.15, 0.2) is 29.6 Å². The van der Waals surface area contributed by atoms with Crippen LogP contribution in [-0.2, 0) is 0 Å². The van der Waals surface area contributed by atoms with E-state index in [1.54, 1.807) is 23.3 Å². The third-order valence-electron chi connectivity index (χ3n) is 5.53. The molecule has 1 aliphatic rings. The molecule has 2 aromatic heterocycles. The van der Waals surface area contributed by atoms with Crippen molar-refractivity contribution in [2.75, 3.05) is 23.3 Å². The van der Waals surface area contributed by atoms with Crippen molar-refractivity contribution in [2.45, 2.75) is 32.1 Å². The maximum Gasteiger partial charge on any atom is 0.259 e. The second-order valence-electron chi connectivity index (χ2n) is 7.81. The summed E-state index contributed by atoms with van der Waals surface area (Å²) in [5, 5.41) is 4.92. The summed E-state index contributed by atoms with van der Waals surface area (Å²) in [6.45, 7) is 1.99. The summed E-state index contributed by atoms with van der Waals surface area (Å²) in [6.07, 6.45) is -0.359. The minimum Gasteiger partial charge on any atom is -0.365 e. The van der Waals surface area contributed by atoms with Gasteiger partial charge in [-0.1, -0.05) is 0 Å². The van der Waals surface area contributed by atoms with Crippen LogP contribution in [0.2, 0.25) is 0 Å². The molecule has 0 bridgehead atoms.